The molecule has 10 heteroatoms. The average Bonchev–Trinajstić information content (AvgIpc) is 3.17. The first-order valence-corrected chi connectivity index (χ1v) is 8.29. The van der Waals surface area contributed by atoms with Crippen molar-refractivity contribution in [3.63, 3.8) is 0 Å². The molecule has 10 nitrogen and oxygen atoms in total. The first-order valence-electron chi connectivity index (χ1n) is 8.29. The van der Waals surface area contributed by atoms with Gasteiger partial charge in [0.1, 0.15) is 23.8 Å². The Balaban J connectivity index is 1.91. The molecule has 4 atom stereocenters. The van der Waals surface area contributed by atoms with Crippen LogP contribution in [0.15, 0.2) is 6.33 Å². The van der Waals surface area contributed by atoms with E-state index in [2.05, 4.69) is 26.8 Å². The largest absolute Gasteiger partial charge is 0.396 e. The molecule has 0 radical (unpaired) electrons. The highest BCUT2D eigenvalue weighted by Gasteiger charge is 2.44. The number of ether oxygens (including phenoxy) is 1. The number of nitrogens with two attached hydrogens (primary N) is 1. The van der Waals surface area contributed by atoms with Crippen LogP contribution in [0.25, 0.3) is 11.2 Å². The molecule has 3 heterocycles. The third-order valence-electron chi connectivity index (χ3n) is 4.15. The molecule has 0 aliphatic carbocycles. The Kier molecular flexibility index (Phi) is 5.65. The van der Waals surface area contributed by atoms with Crippen molar-refractivity contribution < 1.29 is 25.2 Å². The van der Waals surface area contributed by atoms with Gasteiger partial charge >= 0.3 is 0 Å². The van der Waals surface area contributed by atoms with Crippen molar-refractivity contribution in [3.05, 3.63) is 12.2 Å². The van der Waals surface area contributed by atoms with Crippen molar-refractivity contribution in [2.45, 2.75) is 43.8 Å². The van der Waals surface area contributed by atoms with Crippen LogP contribution in [0.5, 0.6) is 0 Å². The highest BCUT2D eigenvalue weighted by molar-refractivity contribution is 5.82. The van der Waals surface area contributed by atoms with Gasteiger partial charge in [-0.25, -0.2) is 15.0 Å². The number of unbranched alkanes of at least 4 members (excludes halogenated alkanes) is 2. The van der Waals surface area contributed by atoms with Gasteiger partial charge in [0.05, 0.1) is 12.9 Å². The zero-order valence-electron chi connectivity index (χ0n) is 14.0. The highest BCUT2D eigenvalue weighted by atomic mass is 16.6. The van der Waals surface area contributed by atoms with Gasteiger partial charge in [-0.2, -0.15) is 0 Å². The topological polar surface area (TPSA) is 160 Å². The monoisotopic (exact) mass is 363 g/mol. The Hall–Kier alpha value is -2.29. The van der Waals surface area contributed by atoms with Crippen molar-refractivity contribution >= 4 is 17.0 Å². The number of rotatable bonds is 5. The smallest absolute Gasteiger partial charge is 0.208 e. The maximum absolute atomic E-state index is 10.2. The maximum Gasteiger partial charge on any atom is 0.208 e. The lowest BCUT2D eigenvalue weighted by molar-refractivity contribution is -0.0511. The summed E-state index contributed by atoms with van der Waals surface area (Å²) < 4.78 is 6.94. The van der Waals surface area contributed by atoms with Crippen LogP contribution in [-0.4, -0.2) is 71.5 Å². The number of aromatic nitrogens is 4. The van der Waals surface area contributed by atoms with E-state index in [-0.39, 0.29) is 18.2 Å². The Morgan fingerprint density at radius 3 is 2.69 bits per heavy atom. The van der Waals surface area contributed by atoms with Crippen LogP contribution >= 0.6 is 0 Å². The second kappa shape index (κ2) is 7.94. The van der Waals surface area contributed by atoms with Crippen LogP contribution in [-0.2, 0) is 4.74 Å². The van der Waals surface area contributed by atoms with E-state index in [0.29, 0.717) is 24.0 Å². The summed E-state index contributed by atoms with van der Waals surface area (Å²) in [5.41, 5.74) is 6.56. The zero-order valence-corrected chi connectivity index (χ0v) is 14.0. The van der Waals surface area contributed by atoms with Crippen molar-refractivity contribution in [2.75, 3.05) is 18.9 Å². The minimum Gasteiger partial charge on any atom is -0.396 e. The van der Waals surface area contributed by atoms with E-state index in [0.717, 1.165) is 6.42 Å². The van der Waals surface area contributed by atoms with E-state index in [1.54, 1.807) is 0 Å². The second-order valence-corrected chi connectivity index (χ2v) is 5.97. The molecule has 2 aromatic heterocycles. The number of hydrogen-bond acceptors (Lipinski definition) is 9. The summed E-state index contributed by atoms with van der Waals surface area (Å²) in [7, 11) is 0. The van der Waals surface area contributed by atoms with Crippen LogP contribution < -0.4 is 5.73 Å². The molecule has 1 fully saturated rings. The minimum atomic E-state index is -1.26. The van der Waals surface area contributed by atoms with Crippen molar-refractivity contribution in [3.8, 4) is 11.8 Å². The number of imidazole rings is 1. The SMILES string of the molecule is Nc1nc(C#CCCCCO)nc2c1ncn2[C@@H]1O[C@H](CO)C(O)C1O. The summed E-state index contributed by atoms with van der Waals surface area (Å²) in [5.74, 6) is 6.07. The fourth-order valence-electron chi connectivity index (χ4n) is 2.76. The molecule has 0 amide bonds. The van der Waals surface area contributed by atoms with Gasteiger partial charge in [-0.15, -0.1) is 0 Å². The number of aliphatic hydroxyl groups excluding tert-OH is 4. The summed E-state index contributed by atoms with van der Waals surface area (Å²) >= 11 is 0. The molecule has 26 heavy (non-hydrogen) atoms. The Bertz CT molecular complexity index is 830. The number of anilines is 1. The second-order valence-electron chi connectivity index (χ2n) is 5.97. The summed E-state index contributed by atoms with van der Waals surface area (Å²) in [6.07, 6.45) is -0.939. The van der Waals surface area contributed by atoms with Gasteiger partial charge in [-0.05, 0) is 18.8 Å². The summed E-state index contributed by atoms with van der Waals surface area (Å²) in [6, 6.07) is 0. The van der Waals surface area contributed by atoms with E-state index in [1.807, 2.05) is 0 Å². The van der Waals surface area contributed by atoms with Crippen LogP contribution in [0.3, 0.4) is 0 Å². The van der Waals surface area contributed by atoms with Crippen LogP contribution in [0, 0.1) is 11.8 Å². The predicted molar refractivity (Wildman–Crippen MR) is 90.6 cm³/mol. The van der Waals surface area contributed by atoms with Gasteiger partial charge in [0, 0.05) is 13.0 Å². The number of aliphatic hydroxyl groups is 4. The molecular weight excluding hydrogens is 342 g/mol. The molecule has 0 aromatic carbocycles. The van der Waals surface area contributed by atoms with Crippen molar-refractivity contribution in [1.29, 1.82) is 0 Å². The third kappa shape index (κ3) is 3.48. The van der Waals surface area contributed by atoms with Crippen molar-refractivity contribution in [2.24, 2.45) is 0 Å². The molecule has 2 aromatic rings. The number of fused-ring (bicyclic) bond motifs is 1. The molecule has 0 saturated carbocycles. The van der Waals surface area contributed by atoms with E-state index in [9.17, 15) is 15.3 Å². The lowest BCUT2D eigenvalue weighted by atomic mass is 10.1. The summed E-state index contributed by atoms with van der Waals surface area (Å²) in [4.78, 5) is 12.6. The number of nitrogen functional groups attached to an aromatic ring is 1. The predicted octanol–water partition coefficient (Wildman–Crippen LogP) is -1.47. The average molecular weight is 363 g/mol. The molecule has 1 saturated heterocycles. The number of nitrogens with zero attached hydrogens (tertiary/aromatic N) is 4. The van der Waals surface area contributed by atoms with Crippen LogP contribution in [0.4, 0.5) is 5.82 Å². The lowest BCUT2D eigenvalue weighted by Crippen LogP contribution is -2.33. The first-order chi connectivity index (χ1) is 12.6. The fourth-order valence-corrected chi connectivity index (χ4v) is 2.76. The van der Waals surface area contributed by atoms with Crippen LogP contribution in [0.2, 0.25) is 0 Å². The molecule has 1 aliphatic rings. The molecule has 0 bridgehead atoms. The zero-order chi connectivity index (χ0) is 18.7. The van der Waals surface area contributed by atoms with E-state index in [1.165, 1.54) is 10.9 Å². The first kappa shape index (κ1) is 18.5. The lowest BCUT2D eigenvalue weighted by Gasteiger charge is -2.16. The molecule has 2 unspecified atom stereocenters. The molecule has 0 spiro atoms. The summed E-state index contributed by atoms with van der Waals surface area (Å²) in [5, 5.41) is 38.1. The van der Waals surface area contributed by atoms with E-state index in [4.69, 9.17) is 15.6 Å². The quantitative estimate of drug-likeness (QED) is 0.316. The maximum atomic E-state index is 10.2. The van der Waals surface area contributed by atoms with E-state index >= 15 is 0 Å². The normalized spacial score (nSPS) is 25.4. The van der Waals surface area contributed by atoms with Gasteiger partial charge < -0.3 is 30.9 Å². The van der Waals surface area contributed by atoms with Gasteiger partial charge in [0.2, 0.25) is 5.82 Å². The molecular formula is C16H21N5O5. The molecule has 3 rings (SSSR count). The van der Waals surface area contributed by atoms with Gasteiger partial charge in [-0.1, -0.05) is 5.92 Å². The van der Waals surface area contributed by atoms with Crippen molar-refractivity contribution in [1.82, 2.24) is 19.5 Å². The molecule has 6 N–H and O–H groups in total. The molecule has 1 aliphatic heterocycles. The Morgan fingerprint density at radius 2 is 2.00 bits per heavy atom. The van der Waals surface area contributed by atoms with Gasteiger partial charge in [0.15, 0.2) is 17.7 Å². The summed E-state index contributed by atoms with van der Waals surface area (Å²) in [6.45, 7) is -0.302. The van der Waals surface area contributed by atoms with Gasteiger partial charge in [-0.3, -0.25) is 4.57 Å². The number of hydrogen-bond donors (Lipinski definition) is 5. The van der Waals surface area contributed by atoms with Crippen LogP contribution in [0.1, 0.15) is 31.3 Å². The highest BCUT2D eigenvalue weighted by Crippen LogP contribution is 2.31. The fraction of sp³-hybridized carbons (Fsp3) is 0.562. The Labute approximate surface area is 149 Å². The van der Waals surface area contributed by atoms with E-state index < -0.39 is 31.1 Å². The minimum absolute atomic E-state index is 0.126. The van der Waals surface area contributed by atoms with Gasteiger partial charge in [0.25, 0.3) is 0 Å². The molecule has 140 valence electrons. The third-order valence-corrected chi connectivity index (χ3v) is 4.15. The Morgan fingerprint density at radius 1 is 1.19 bits per heavy atom. The standard InChI is InChI=1S/C16H21N5O5/c17-14-11-15(20-10(19-14)5-3-1-2-4-6-22)21(8-18-11)16-13(25)12(24)9(7-23)26-16/h8-9,12-13,16,22-25H,1-2,4,6-7H2,(H2,17,19,20)/t9-,12?,13?,16-/m1/s1.